The number of fused-ring (bicyclic) bond motifs is 12. The second-order valence-electron chi connectivity index (χ2n) is 30.3. The second-order valence-corrected chi connectivity index (χ2v) is 31.3. The van der Waals surface area contributed by atoms with Crippen molar-refractivity contribution in [1.82, 2.24) is 4.57 Å². The van der Waals surface area contributed by atoms with Crippen LogP contribution in [0.5, 0.6) is 0 Å². The van der Waals surface area contributed by atoms with E-state index in [1.807, 2.05) is 11.3 Å². The first kappa shape index (κ1) is 55.7. The predicted octanol–water partition coefficient (Wildman–Crippen LogP) is 21.0. The van der Waals surface area contributed by atoms with E-state index in [2.05, 4.69) is 317 Å². The smallest absolute Gasteiger partial charge is 0.252 e. The van der Waals surface area contributed by atoms with Crippen LogP contribution in [0, 0.1) is 11.3 Å². The zero-order valence-corrected chi connectivity index (χ0v) is 54.4. The molecule has 2 aromatic heterocycles. The maximum atomic E-state index is 11.5. The van der Waals surface area contributed by atoms with Gasteiger partial charge < -0.3 is 19.3 Å². The SMILES string of the molecule is CC(C)(C)c1ccc(N(c2ccc(C(C)(C)C)cc2)c2ccc3c(c2)N(c2ccc(-c4cccc5c4sc4ccccc45)cc2)c2cc(C#N)cc4c2B3c2cc(C(C)(C)C)cc3c2N4c2cc(C(C)(C)C)cc4c5cc(C(C)(C)C)ccc5n-3c24)cc1. The van der Waals surface area contributed by atoms with Crippen LogP contribution in [0.15, 0.2) is 188 Å². The molecule has 7 heteroatoms. The van der Waals surface area contributed by atoms with Crippen molar-refractivity contribution >= 4 is 128 Å². The van der Waals surface area contributed by atoms with Crippen molar-refractivity contribution in [3.05, 3.63) is 221 Å². The molecule has 0 unspecified atom stereocenters. The third-order valence-corrected chi connectivity index (χ3v) is 20.5. The Balaban J connectivity index is 1.03. The normalized spacial score (nSPS) is 13.8. The first-order valence-electron chi connectivity index (χ1n) is 31.4. The van der Waals surface area contributed by atoms with Crippen LogP contribution in [0.4, 0.5) is 51.2 Å². The molecule has 434 valence electrons. The summed E-state index contributed by atoms with van der Waals surface area (Å²) in [6.45, 7) is 34.5. The van der Waals surface area contributed by atoms with E-state index in [-0.39, 0.29) is 33.8 Å². The van der Waals surface area contributed by atoms with Gasteiger partial charge in [-0.3, -0.25) is 0 Å². The van der Waals surface area contributed by atoms with Crippen molar-refractivity contribution in [2.75, 3.05) is 14.7 Å². The Morgan fingerprint density at radius 3 is 1.60 bits per heavy atom. The van der Waals surface area contributed by atoms with Crippen LogP contribution in [0.1, 0.15) is 137 Å². The molecule has 3 aliphatic rings. The standard InChI is InChI=1S/C81H76BN5S/c1-77(2,3)50-25-32-55(33-26-50)84(56-34-27-51(28-35-56)78(4,5)6)58-36-37-64-67(46-58)85(57-30-23-49(24-31-57)59-20-18-21-61-60-19-16-17-22-72(60)88-76(59)61)68-39-48(47-83)40-69-73(68)82(64)65-43-54(81(13,14)15)45-71-75(65)87(69)70-44-53(80(10,11)12)42-63-62-41-52(79(7,8)9)29-38-66(62)86(71)74(63)70/h16-46H,1-15H3. The van der Waals surface area contributed by atoms with Gasteiger partial charge in [-0.25, -0.2) is 0 Å². The monoisotopic (exact) mass is 1160 g/mol. The lowest BCUT2D eigenvalue weighted by Gasteiger charge is -2.47. The van der Waals surface area contributed by atoms with Gasteiger partial charge in [0.1, 0.15) is 0 Å². The van der Waals surface area contributed by atoms with E-state index >= 15 is 0 Å². The van der Waals surface area contributed by atoms with Gasteiger partial charge in [0.25, 0.3) is 6.71 Å². The zero-order valence-electron chi connectivity index (χ0n) is 53.6. The van der Waals surface area contributed by atoms with Gasteiger partial charge in [-0.2, -0.15) is 5.26 Å². The fourth-order valence-corrected chi connectivity index (χ4v) is 15.5. The van der Waals surface area contributed by atoms with Gasteiger partial charge in [0.15, 0.2) is 0 Å². The number of nitriles is 1. The van der Waals surface area contributed by atoms with Gasteiger partial charge in [0.2, 0.25) is 0 Å². The molecule has 0 aliphatic carbocycles. The van der Waals surface area contributed by atoms with Crippen LogP contribution in [-0.2, 0) is 27.1 Å². The van der Waals surface area contributed by atoms with Gasteiger partial charge in [-0.05, 0) is 179 Å². The van der Waals surface area contributed by atoms with Gasteiger partial charge in [0, 0.05) is 70.8 Å². The molecule has 3 aliphatic heterocycles. The van der Waals surface area contributed by atoms with Gasteiger partial charge >= 0.3 is 0 Å². The lowest BCUT2D eigenvalue weighted by molar-refractivity contribution is 0.590. The molecule has 0 bridgehead atoms. The molecule has 0 atom stereocenters. The number of anilines is 9. The largest absolute Gasteiger partial charge is 0.311 e. The number of rotatable bonds is 5. The number of nitrogens with zero attached hydrogens (tertiary/aromatic N) is 5. The number of hydrogen-bond donors (Lipinski definition) is 0. The van der Waals surface area contributed by atoms with Crippen molar-refractivity contribution in [3.63, 3.8) is 0 Å². The quantitative estimate of drug-likeness (QED) is 0.161. The Morgan fingerprint density at radius 1 is 0.420 bits per heavy atom. The highest BCUT2D eigenvalue weighted by molar-refractivity contribution is 7.26. The Labute approximate surface area is 524 Å². The predicted molar refractivity (Wildman–Crippen MR) is 380 cm³/mol. The van der Waals surface area contributed by atoms with E-state index in [0.717, 1.165) is 45.5 Å². The van der Waals surface area contributed by atoms with Crippen molar-refractivity contribution < 1.29 is 0 Å². The highest BCUT2D eigenvalue weighted by Crippen LogP contribution is 2.55. The lowest BCUT2D eigenvalue weighted by atomic mass is 9.33. The summed E-state index contributed by atoms with van der Waals surface area (Å²) in [6, 6.07) is 74.6. The molecule has 12 aromatic rings. The van der Waals surface area contributed by atoms with Crippen LogP contribution < -0.4 is 31.1 Å². The maximum Gasteiger partial charge on any atom is 0.252 e. The molecular formula is C81H76BN5S. The zero-order chi connectivity index (χ0) is 61.5. The molecular weight excluding hydrogens is 1090 g/mol. The molecule has 10 aromatic carbocycles. The van der Waals surface area contributed by atoms with E-state index < -0.39 is 0 Å². The van der Waals surface area contributed by atoms with E-state index in [9.17, 15) is 5.26 Å². The van der Waals surface area contributed by atoms with Crippen molar-refractivity contribution in [3.8, 4) is 22.9 Å². The van der Waals surface area contributed by atoms with Crippen molar-refractivity contribution in [1.29, 1.82) is 5.26 Å². The first-order valence-corrected chi connectivity index (χ1v) is 32.2. The van der Waals surface area contributed by atoms with E-state index in [4.69, 9.17) is 0 Å². The third kappa shape index (κ3) is 8.60. The molecule has 0 saturated carbocycles. The summed E-state index contributed by atoms with van der Waals surface area (Å²) in [5, 5.41) is 16.6. The highest BCUT2D eigenvalue weighted by atomic mass is 32.1. The van der Waals surface area contributed by atoms with E-state index in [1.165, 1.54) is 109 Å². The van der Waals surface area contributed by atoms with Crippen LogP contribution in [-0.4, -0.2) is 11.3 Å². The minimum absolute atomic E-state index is 0.00917. The first-order chi connectivity index (χ1) is 41.7. The van der Waals surface area contributed by atoms with Crippen molar-refractivity contribution in [2.45, 2.75) is 131 Å². The Bertz CT molecular complexity index is 4880. The molecule has 0 spiro atoms. The Hall–Kier alpha value is -8.83. The Morgan fingerprint density at radius 2 is 0.977 bits per heavy atom. The van der Waals surface area contributed by atoms with E-state index in [0.29, 0.717) is 5.56 Å². The van der Waals surface area contributed by atoms with Crippen LogP contribution in [0.3, 0.4) is 0 Å². The minimum atomic E-state index is -0.196. The summed E-state index contributed by atoms with van der Waals surface area (Å²) in [4.78, 5) is 7.49. The molecule has 0 saturated heterocycles. The molecule has 0 amide bonds. The summed E-state index contributed by atoms with van der Waals surface area (Å²) in [6.07, 6.45) is 0. The minimum Gasteiger partial charge on any atom is -0.311 e. The number of benzene rings is 10. The summed E-state index contributed by atoms with van der Waals surface area (Å²) in [5.41, 5.74) is 26.0. The number of aromatic nitrogens is 1. The van der Waals surface area contributed by atoms with Crippen LogP contribution >= 0.6 is 11.3 Å². The summed E-state index contributed by atoms with van der Waals surface area (Å²) in [7, 11) is 0. The lowest BCUT2D eigenvalue weighted by Crippen LogP contribution is -2.62. The van der Waals surface area contributed by atoms with Gasteiger partial charge in [0.05, 0.1) is 39.7 Å². The topological polar surface area (TPSA) is 38.4 Å². The molecule has 0 radical (unpaired) electrons. The number of thiophene rings is 1. The summed E-state index contributed by atoms with van der Waals surface area (Å²) < 4.78 is 5.18. The van der Waals surface area contributed by atoms with Gasteiger partial charge in [-0.15, -0.1) is 11.3 Å². The van der Waals surface area contributed by atoms with Crippen molar-refractivity contribution in [2.24, 2.45) is 0 Å². The summed E-state index contributed by atoms with van der Waals surface area (Å²) >= 11 is 1.87. The number of hydrogen-bond acceptors (Lipinski definition) is 5. The van der Waals surface area contributed by atoms with E-state index in [1.54, 1.807) is 0 Å². The molecule has 88 heavy (non-hydrogen) atoms. The third-order valence-electron chi connectivity index (χ3n) is 19.3. The fraction of sp³-hybridized carbons (Fsp3) is 0.247. The molecule has 15 rings (SSSR count). The molecule has 5 nitrogen and oxygen atoms in total. The average molecular weight is 1160 g/mol. The van der Waals surface area contributed by atoms with Gasteiger partial charge in [-0.1, -0.05) is 195 Å². The highest BCUT2D eigenvalue weighted by Gasteiger charge is 2.48. The fourth-order valence-electron chi connectivity index (χ4n) is 14.3. The van der Waals surface area contributed by atoms with Crippen LogP contribution in [0.2, 0.25) is 0 Å². The summed E-state index contributed by atoms with van der Waals surface area (Å²) in [5.74, 6) is 0. The van der Waals surface area contributed by atoms with Crippen LogP contribution in [0.25, 0.3) is 58.8 Å². The molecule has 5 heterocycles. The second kappa shape index (κ2) is 19.1. The average Bonchev–Trinajstić information content (AvgIpc) is 1.08. The molecule has 0 N–H and O–H groups in total. The maximum absolute atomic E-state index is 11.5. The Kier molecular flexibility index (Phi) is 12.1. The molecule has 0 fully saturated rings.